The maximum Gasteiger partial charge on any atom is 0.347 e. The molecule has 0 unspecified atom stereocenters. The minimum Gasteiger partial charge on any atom is -0.311 e. The molecule has 0 aliphatic carbocycles. The topological polar surface area (TPSA) is 76.1 Å². The van der Waals surface area contributed by atoms with E-state index in [0.29, 0.717) is 16.4 Å². The van der Waals surface area contributed by atoms with Gasteiger partial charge in [0.2, 0.25) is 0 Å². The van der Waals surface area contributed by atoms with Gasteiger partial charge >= 0.3 is 12.1 Å². The van der Waals surface area contributed by atoms with E-state index in [4.69, 9.17) is 0 Å². The van der Waals surface area contributed by atoms with E-state index in [1.54, 1.807) is 35.2 Å². The van der Waals surface area contributed by atoms with Gasteiger partial charge in [0.1, 0.15) is 0 Å². The zero-order valence-electron chi connectivity index (χ0n) is 17.8. The molecule has 2 N–H and O–H groups in total. The van der Waals surface area contributed by atoms with Gasteiger partial charge in [-0.3, -0.25) is 10.1 Å². The molecular formula is C23H28N4O3. The van der Waals surface area contributed by atoms with Crippen LogP contribution >= 0.6 is 0 Å². The Kier molecular flexibility index (Phi) is 5.85. The van der Waals surface area contributed by atoms with Gasteiger partial charge in [0, 0.05) is 17.9 Å². The average Bonchev–Trinajstić information content (AvgIpc) is 2.90. The summed E-state index contributed by atoms with van der Waals surface area (Å²) >= 11 is 0. The fourth-order valence-corrected chi connectivity index (χ4v) is 3.67. The van der Waals surface area contributed by atoms with Crippen LogP contribution in [0.1, 0.15) is 25.0 Å². The lowest BCUT2D eigenvalue weighted by molar-refractivity contribution is -0.0941. The van der Waals surface area contributed by atoms with Crippen molar-refractivity contribution in [2.24, 2.45) is 0 Å². The van der Waals surface area contributed by atoms with Crippen molar-refractivity contribution in [1.29, 1.82) is 0 Å². The zero-order chi connectivity index (χ0) is 22.1. The molecule has 1 heterocycles. The number of rotatable bonds is 5. The van der Waals surface area contributed by atoms with E-state index < -0.39 is 17.7 Å². The van der Waals surface area contributed by atoms with Crippen LogP contribution in [-0.4, -0.2) is 45.5 Å². The predicted molar refractivity (Wildman–Crippen MR) is 118 cm³/mol. The Morgan fingerprint density at radius 3 is 2.20 bits per heavy atom. The molecule has 158 valence electrons. The van der Waals surface area contributed by atoms with Crippen LogP contribution in [0.15, 0.2) is 61.2 Å². The summed E-state index contributed by atoms with van der Waals surface area (Å²) < 4.78 is 0. The normalized spacial score (nSPS) is 17.8. The highest BCUT2D eigenvalue weighted by molar-refractivity contribution is 5.98. The van der Waals surface area contributed by atoms with Crippen molar-refractivity contribution in [3.8, 4) is 0 Å². The van der Waals surface area contributed by atoms with Crippen molar-refractivity contribution in [3.63, 3.8) is 0 Å². The molecule has 0 bridgehead atoms. The summed E-state index contributed by atoms with van der Waals surface area (Å²) in [5.74, 6) is 0. The first-order valence-electron chi connectivity index (χ1n) is 9.81. The van der Waals surface area contributed by atoms with E-state index in [-0.39, 0.29) is 12.6 Å². The van der Waals surface area contributed by atoms with Crippen LogP contribution in [0.25, 0.3) is 0 Å². The molecule has 4 amide bonds. The Bertz CT molecular complexity index is 938. The van der Waals surface area contributed by atoms with Crippen molar-refractivity contribution in [3.05, 3.63) is 72.3 Å². The number of benzene rings is 2. The van der Waals surface area contributed by atoms with Gasteiger partial charge in [-0.1, -0.05) is 41.5 Å². The lowest BCUT2D eigenvalue weighted by Gasteiger charge is -2.38. The molecule has 7 heteroatoms. The van der Waals surface area contributed by atoms with Crippen LogP contribution in [0.4, 0.5) is 21.0 Å². The fourth-order valence-electron chi connectivity index (χ4n) is 3.67. The van der Waals surface area contributed by atoms with Gasteiger partial charge < -0.3 is 10.2 Å². The molecule has 2 aromatic carbocycles. The zero-order valence-corrected chi connectivity index (χ0v) is 17.8. The number of carbonyl (C=O) groups is 2. The minimum absolute atomic E-state index is 0.290. The number of hydrogen-bond donors (Lipinski definition) is 2. The van der Waals surface area contributed by atoms with Crippen molar-refractivity contribution in [2.45, 2.75) is 39.4 Å². The summed E-state index contributed by atoms with van der Waals surface area (Å²) in [6, 6.07) is 13.6. The van der Waals surface area contributed by atoms with Crippen molar-refractivity contribution in [1.82, 2.24) is 9.96 Å². The minimum atomic E-state index is -0.946. The highest BCUT2D eigenvalue weighted by Gasteiger charge is 2.55. The van der Waals surface area contributed by atoms with Gasteiger partial charge in [-0.25, -0.2) is 9.59 Å². The Balaban J connectivity index is 1.96. The number of nitrogens with one attached hydrogen (secondary N) is 1. The van der Waals surface area contributed by atoms with Crippen molar-refractivity contribution < 1.29 is 14.8 Å². The molecule has 1 atom stereocenters. The Morgan fingerprint density at radius 1 is 1.13 bits per heavy atom. The van der Waals surface area contributed by atoms with Crippen LogP contribution in [-0.2, 0) is 0 Å². The molecule has 1 fully saturated rings. The highest BCUT2D eigenvalue weighted by Crippen LogP contribution is 2.37. The first-order valence-corrected chi connectivity index (χ1v) is 9.81. The predicted octanol–water partition coefficient (Wildman–Crippen LogP) is 4.76. The van der Waals surface area contributed by atoms with E-state index >= 15 is 0 Å². The number of hydroxylamine groups is 2. The van der Waals surface area contributed by atoms with Gasteiger partial charge in [0.05, 0.1) is 5.54 Å². The van der Waals surface area contributed by atoms with Crippen LogP contribution in [0.5, 0.6) is 0 Å². The monoisotopic (exact) mass is 408 g/mol. The summed E-state index contributed by atoms with van der Waals surface area (Å²) in [6.45, 7) is 11.6. The van der Waals surface area contributed by atoms with Crippen LogP contribution in [0.3, 0.4) is 0 Å². The molecule has 1 aliphatic heterocycles. The molecule has 1 aliphatic rings. The van der Waals surface area contributed by atoms with Gasteiger partial charge in [0.15, 0.2) is 6.17 Å². The molecule has 0 aromatic heterocycles. The second-order valence-corrected chi connectivity index (χ2v) is 8.06. The van der Waals surface area contributed by atoms with Crippen LogP contribution < -0.4 is 10.2 Å². The molecule has 0 spiro atoms. The lowest BCUT2D eigenvalue weighted by Crippen LogP contribution is -2.58. The maximum atomic E-state index is 13.3. The second kappa shape index (κ2) is 8.20. The largest absolute Gasteiger partial charge is 0.347 e. The molecule has 2 aromatic rings. The van der Waals surface area contributed by atoms with E-state index in [9.17, 15) is 14.8 Å². The third kappa shape index (κ3) is 3.89. The van der Waals surface area contributed by atoms with Gasteiger partial charge in [-0.15, -0.1) is 6.58 Å². The second-order valence-electron chi connectivity index (χ2n) is 8.06. The number of nitrogens with zero attached hydrogens (tertiary/aromatic N) is 3. The van der Waals surface area contributed by atoms with Crippen molar-refractivity contribution in [2.75, 3.05) is 16.8 Å². The maximum absolute atomic E-state index is 13.3. The first-order chi connectivity index (χ1) is 14.2. The lowest BCUT2D eigenvalue weighted by atomic mass is 9.99. The number of carbonyl (C=O) groups excluding carboxylic acids is 2. The number of amides is 4. The smallest absolute Gasteiger partial charge is 0.311 e. The quantitative estimate of drug-likeness (QED) is 0.425. The molecule has 0 saturated carbocycles. The summed E-state index contributed by atoms with van der Waals surface area (Å²) in [6.07, 6.45) is 0.682. The molecule has 7 nitrogen and oxygen atoms in total. The number of aryl methyl sites for hydroxylation is 2. The van der Waals surface area contributed by atoms with Gasteiger partial charge in [-0.05, 0) is 52.0 Å². The fraction of sp³-hybridized carbons (Fsp3) is 0.304. The molecule has 1 saturated heterocycles. The Labute approximate surface area is 177 Å². The number of anilines is 2. The number of urea groups is 2. The molecule has 30 heavy (non-hydrogen) atoms. The summed E-state index contributed by atoms with van der Waals surface area (Å²) in [4.78, 5) is 29.2. The van der Waals surface area contributed by atoms with Gasteiger partial charge in [-0.2, -0.15) is 5.06 Å². The summed E-state index contributed by atoms with van der Waals surface area (Å²) in [5.41, 5.74) is 2.37. The van der Waals surface area contributed by atoms with Gasteiger partial charge in [0.25, 0.3) is 0 Å². The first kappa shape index (κ1) is 21.4. The van der Waals surface area contributed by atoms with E-state index in [1.807, 2.05) is 52.0 Å². The third-order valence-electron chi connectivity index (χ3n) is 5.38. The summed E-state index contributed by atoms with van der Waals surface area (Å²) in [7, 11) is 0. The van der Waals surface area contributed by atoms with Crippen LogP contribution in [0.2, 0.25) is 0 Å². The Morgan fingerprint density at radius 2 is 1.67 bits per heavy atom. The molecule has 3 rings (SSSR count). The number of hydrogen-bond acceptors (Lipinski definition) is 3. The summed E-state index contributed by atoms with van der Waals surface area (Å²) in [5, 5.41) is 14.2. The van der Waals surface area contributed by atoms with E-state index in [0.717, 1.165) is 11.1 Å². The van der Waals surface area contributed by atoms with E-state index in [2.05, 4.69) is 11.9 Å². The third-order valence-corrected chi connectivity index (χ3v) is 5.38. The molecule has 0 radical (unpaired) electrons. The molecular weight excluding hydrogens is 380 g/mol. The SMILES string of the molecule is C=CCN1C(=O)N(c2ccc(C)cc2)[C@H](N(O)C(=O)Nc2ccc(C)cc2)C1(C)C. The van der Waals surface area contributed by atoms with Crippen molar-refractivity contribution >= 4 is 23.4 Å². The standard InChI is InChI=1S/C23H28N4O3/c1-6-15-25-22(29)26(19-13-9-17(3)10-14-19)20(23(25,4)5)27(30)21(28)24-18-11-7-16(2)8-12-18/h6-14,20,30H,1,15H2,2-5H3,(H,24,28)/t20-/m1/s1. The highest BCUT2D eigenvalue weighted by atomic mass is 16.5. The van der Waals surface area contributed by atoms with Crippen LogP contribution in [0, 0.1) is 13.8 Å². The Hall–Kier alpha value is -3.32. The average molecular weight is 409 g/mol. The van der Waals surface area contributed by atoms with E-state index in [1.165, 1.54) is 4.90 Å².